The number of aromatic nitrogens is 1. The molecule has 3 nitrogen and oxygen atoms in total. The van der Waals surface area contributed by atoms with Gasteiger partial charge in [-0.05, 0) is 66.2 Å². The van der Waals surface area contributed by atoms with Crippen LogP contribution in [0.25, 0.3) is 10.9 Å². The van der Waals surface area contributed by atoms with E-state index in [1.807, 2.05) is 13.0 Å². The molecule has 0 atom stereocenters. The number of benzene rings is 1. The summed E-state index contributed by atoms with van der Waals surface area (Å²) in [4.78, 5) is 0. The first-order valence-corrected chi connectivity index (χ1v) is 7.78. The molecule has 0 saturated heterocycles. The zero-order chi connectivity index (χ0) is 14.3. The quantitative estimate of drug-likeness (QED) is 0.855. The highest BCUT2D eigenvalue weighted by molar-refractivity contribution is 9.10. The molecule has 1 aliphatic rings. The van der Waals surface area contributed by atoms with Crippen molar-refractivity contribution in [1.82, 2.24) is 4.57 Å². The zero-order valence-electron chi connectivity index (χ0n) is 11.4. The normalized spacial score (nSPS) is 22.9. The van der Waals surface area contributed by atoms with Gasteiger partial charge < -0.3 is 9.67 Å². The topological polar surface area (TPSA) is 49.0 Å². The average Bonchev–Trinajstić information content (AvgIpc) is 2.75. The lowest BCUT2D eigenvalue weighted by Crippen LogP contribution is -2.20. The molecule has 1 aromatic heterocycles. The van der Waals surface area contributed by atoms with Crippen molar-refractivity contribution in [3.63, 3.8) is 0 Å². The van der Waals surface area contributed by atoms with Gasteiger partial charge in [-0.1, -0.05) is 0 Å². The molecule has 0 radical (unpaired) electrons. The van der Waals surface area contributed by atoms with E-state index in [1.165, 1.54) is 5.52 Å². The van der Waals surface area contributed by atoms with Crippen molar-refractivity contribution in [3.8, 4) is 6.07 Å². The molecule has 0 spiro atoms. The Morgan fingerprint density at radius 2 is 2.00 bits per heavy atom. The summed E-state index contributed by atoms with van der Waals surface area (Å²) in [5, 5.41) is 19.9. The van der Waals surface area contributed by atoms with E-state index < -0.39 is 0 Å². The van der Waals surface area contributed by atoms with Gasteiger partial charge in [0.25, 0.3) is 0 Å². The lowest BCUT2D eigenvalue weighted by atomic mass is 9.93. The number of aryl methyl sites for hydroxylation is 1. The molecular weight excluding hydrogens is 316 g/mol. The first kappa shape index (κ1) is 13.7. The van der Waals surface area contributed by atoms with Crippen molar-refractivity contribution < 1.29 is 5.11 Å². The number of rotatable bonds is 1. The van der Waals surface area contributed by atoms with Crippen molar-refractivity contribution in [2.45, 2.75) is 44.8 Å². The van der Waals surface area contributed by atoms with Crippen molar-refractivity contribution in [2.24, 2.45) is 0 Å². The second-order valence-electron chi connectivity index (χ2n) is 5.64. The molecule has 1 aliphatic carbocycles. The van der Waals surface area contributed by atoms with Crippen molar-refractivity contribution >= 4 is 26.8 Å². The van der Waals surface area contributed by atoms with Crippen LogP contribution in [0.15, 0.2) is 22.8 Å². The Hall–Kier alpha value is -1.31. The Bertz CT molecular complexity index is 691. The third-order valence-corrected chi connectivity index (χ3v) is 4.94. The van der Waals surface area contributed by atoms with Gasteiger partial charge in [0.1, 0.15) is 0 Å². The zero-order valence-corrected chi connectivity index (χ0v) is 13.0. The standard InChI is InChI=1S/C16H17BrN2O/c1-10-6-16-14(7-11(10)8-18)15(17)9-19(16)12-2-4-13(20)5-3-12/h6-7,9,12-13,20H,2-5H2,1H3. The summed E-state index contributed by atoms with van der Waals surface area (Å²) in [7, 11) is 0. The number of fused-ring (bicyclic) bond motifs is 1. The Morgan fingerprint density at radius 3 is 2.65 bits per heavy atom. The smallest absolute Gasteiger partial charge is 0.0994 e. The molecule has 1 fully saturated rings. The number of aliphatic hydroxyl groups is 1. The summed E-state index contributed by atoms with van der Waals surface area (Å²) in [6.07, 6.45) is 5.75. The number of nitriles is 1. The molecule has 1 N–H and O–H groups in total. The predicted octanol–water partition coefficient (Wildman–Crippen LogP) is 4.06. The minimum atomic E-state index is -0.136. The highest BCUT2D eigenvalue weighted by Crippen LogP contribution is 2.36. The fraction of sp³-hybridized carbons (Fsp3) is 0.438. The number of aliphatic hydroxyl groups excluding tert-OH is 1. The molecule has 104 valence electrons. The molecule has 20 heavy (non-hydrogen) atoms. The molecule has 0 aliphatic heterocycles. The average molecular weight is 333 g/mol. The number of hydrogen-bond acceptors (Lipinski definition) is 2. The van der Waals surface area contributed by atoms with Gasteiger partial charge in [-0.2, -0.15) is 5.26 Å². The molecule has 1 heterocycles. The van der Waals surface area contributed by atoms with Gasteiger partial charge in [0.2, 0.25) is 0 Å². The van der Waals surface area contributed by atoms with Crippen LogP contribution >= 0.6 is 15.9 Å². The van der Waals surface area contributed by atoms with E-state index in [0.29, 0.717) is 6.04 Å². The van der Waals surface area contributed by atoms with Crippen LogP contribution in [0.3, 0.4) is 0 Å². The SMILES string of the molecule is Cc1cc2c(cc1C#N)c(Br)cn2C1CCC(O)CC1. The highest BCUT2D eigenvalue weighted by atomic mass is 79.9. The van der Waals surface area contributed by atoms with Crippen LogP contribution in [0.2, 0.25) is 0 Å². The third-order valence-electron chi connectivity index (χ3n) is 4.31. The van der Waals surface area contributed by atoms with E-state index in [1.54, 1.807) is 0 Å². The summed E-state index contributed by atoms with van der Waals surface area (Å²) in [5.74, 6) is 0. The van der Waals surface area contributed by atoms with Gasteiger partial charge in [-0.15, -0.1) is 0 Å². The third kappa shape index (κ3) is 2.25. The van der Waals surface area contributed by atoms with E-state index in [-0.39, 0.29) is 6.10 Å². The van der Waals surface area contributed by atoms with Crippen molar-refractivity contribution in [2.75, 3.05) is 0 Å². The Labute approximate surface area is 127 Å². The first-order chi connectivity index (χ1) is 9.60. The molecule has 0 bridgehead atoms. The Balaban J connectivity index is 2.08. The van der Waals surface area contributed by atoms with Crippen molar-refractivity contribution in [1.29, 1.82) is 5.26 Å². The van der Waals surface area contributed by atoms with Crippen LogP contribution in [0.5, 0.6) is 0 Å². The van der Waals surface area contributed by atoms with Gasteiger partial charge in [0, 0.05) is 27.6 Å². The van der Waals surface area contributed by atoms with Crippen LogP contribution in [-0.2, 0) is 0 Å². The van der Waals surface area contributed by atoms with E-state index in [9.17, 15) is 5.11 Å². The van der Waals surface area contributed by atoms with Gasteiger partial charge in [-0.25, -0.2) is 0 Å². The minimum Gasteiger partial charge on any atom is -0.393 e. The summed E-state index contributed by atoms with van der Waals surface area (Å²) >= 11 is 3.60. The van der Waals surface area contributed by atoms with Gasteiger partial charge in [0.15, 0.2) is 0 Å². The monoisotopic (exact) mass is 332 g/mol. The van der Waals surface area contributed by atoms with Crippen molar-refractivity contribution in [3.05, 3.63) is 33.9 Å². The summed E-state index contributed by atoms with van der Waals surface area (Å²) < 4.78 is 3.34. The molecule has 4 heteroatoms. The summed E-state index contributed by atoms with van der Waals surface area (Å²) in [6, 6.07) is 6.75. The van der Waals surface area contributed by atoms with Gasteiger partial charge in [-0.3, -0.25) is 0 Å². The maximum absolute atomic E-state index is 9.65. The minimum absolute atomic E-state index is 0.136. The molecular formula is C16H17BrN2O. The molecule has 0 unspecified atom stereocenters. The lowest BCUT2D eigenvalue weighted by molar-refractivity contribution is 0.111. The molecule has 1 saturated carbocycles. The largest absolute Gasteiger partial charge is 0.393 e. The van der Waals surface area contributed by atoms with E-state index in [2.05, 4.69) is 38.8 Å². The van der Waals surface area contributed by atoms with Gasteiger partial charge in [0.05, 0.1) is 17.7 Å². The van der Waals surface area contributed by atoms with E-state index in [0.717, 1.165) is 46.7 Å². The Kier molecular flexibility index (Phi) is 3.57. The molecule has 2 aromatic rings. The van der Waals surface area contributed by atoms with Crippen LogP contribution in [0, 0.1) is 18.3 Å². The van der Waals surface area contributed by atoms with Crippen LogP contribution in [0.4, 0.5) is 0 Å². The van der Waals surface area contributed by atoms with E-state index in [4.69, 9.17) is 5.26 Å². The second kappa shape index (κ2) is 5.23. The van der Waals surface area contributed by atoms with E-state index >= 15 is 0 Å². The fourth-order valence-electron chi connectivity index (χ4n) is 3.12. The van der Waals surface area contributed by atoms with Crippen LogP contribution in [-0.4, -0.2) is 15.8 Å². The highest BCUT2D eigenvalue weighted by Gasteiger charge is 2.22. The predicted molar refractivity (Wildman–Crippen MR) is 82.6 cm³/mol. The molecule has 1 aromatic carbocycles. The summed E-state index contributed by atoms with van der Waals surface area (Å²) in [5.41, 5.74) is 2.92. The second-order valence-corrected chi connectivity index (χ2v) is 6.50. The van der Waals surface area contributed by atoms with Crippen LogP contribution in [0.1, 0.15) is 42.9 Å². The first-order valence-electron chi connectivity index (χ1n) is 6.99. The number of halogens is 1. The fourth-order valence-corrected chi connectivity index (χ4v) is 3.66. The maximum Gasteiger partial charge on any atom is 0.0994 e. The maximum atomic E-state index is 9.65. The molecule has 3 rings (SSSR count). The van der Waals surface area contributed by atoms with Gasteiger partial charge >= 0.3 is 0 Å². The molecule has 0 amide bonds. The number of nitrogens with zero attached hydrogens (tertiary/aromatic N) is 2. The Morgan fingerprint density at radius 1 is 1.30 bits per heavy atom. The number of hydrogen-bond donors (Lipinski definition) is 1. The van der Waals surface area contributed by atoms with Crippen LogP contribution < -0.4 is 0 Å². The lowest BCUT2D eigenvalue weighted by Gasteiger charge is -2.27. The summed E-state index contributed by atoms with van der Waals surface area (Å²) in [6.45, 7) is 1.98.